The molecule has 0 aliphatic heterocycles. The van der Waals surface area contributed by atoms with Crippen LogP contribution in [0.25, 0.3) is 0 Å². The summed E-state index contributed by atoms with van der Waals surface area (Å²) >= 11 is 0. The summed E-state index contributed by atoms with van der Waals surface area (Å²) in [4.78, 5) is 0. The molecule has 0 aromatic rings. The van der Waals surface area contributed by atoms with Crippen LogP contribution in [0, 0.1) is 107 Å². The Hall–Kier alpha value is -0.240. The molecular weight excluding hydrogens is 709 g/mol. The first-order valence-electron chi connectivity index (χ1n) is 25.3. The maximum Gasteiger partial charge on any atom is 0.0566 e. The van der Waals surface area contributed by atoms with Crippen LogP contribution >= 0.6 is 0 Å². The van der Waals surface area contributed by atoms with Crippen molar-refractivity contribution >= 4 is 0 Å². The maximum absolute atomic E-state index is 11.0. The SMILES string of the molecule is CC1CC(C(C2CCC(O)C(C)C2)C2CC(C(C3CCC(O)C(C)C3)C3CCC(O)C(C)C3)CC(C(C3CCC(O)C(C)C3)C3CCC(O)C(C)C3)C2)CCC1O. The van der Waals surface area contributed by atoms with E-state index in [1.807, 2.05) is 0 Å². The lowest BCUT2D eigenvalue weighted by molar-refractivity contribution is -0.0798. The Bertz CT molecular complexity index is 1010. The fourth-order valence-electron chi connectivity index (χ4n) is 16.5. The minimum Gasteiger partial charge on any atom is -0.393 e. The van der Waals surface area contributed by atoms with Gasteiger partial charge in [-0.05, 0) is 241 Å². The molecule has 0 bridgehead atoms. The number of hydrogen-bond acceptors (Lipinski definition) is 6. The Morgan fingerprint density at radius 3 is 0.526 bits per heavy atom. The van der Waals surface area contributed by atoms with E-state index in [2.05, 4.69) is 41.5 Å². The van der Waals surface area contributed by atoms with Crippen molar-refractivity contribution in [2.75, 3.05) is 0 Å². The van der Waals surface area contributed by atoms with E-state index in [0.29, 0.717) is 107 Å². The fraction of sp³-hybridized carbons (Fsp3) is 1.00. The number of aliphatic hydroxyl groups excluding tert-OH is 6. The van der Waals surface area contributed by atoms with Crippen molar-refractivity contribution in [2.24, 2.45) is 107 Å². The van der Waals surface area contributed by atoms with Crippen molar-refractivity contribution in [3.63, 3.8) is 0 Å². The summed E-state index contributed by atoms with van der Waals surface area (Å²) in [5.41, 5.74) is 0. The third-order valence-corrected chi connectivity index (χ3v) is 19.7. The van der Waals surface area contributed by atoms with Gasteiger partial charge < -0.3 is 30.6 Å². The van der Waals surface area contributed by atoms with Gasteiger partial charge in [0, 0.05) is 0 Å². The first kappa shape index (κ1) is 44.8. The van der Waals surface area contributed by atoms with Gasteiger partial charge in [-0.3, -0.25) is 0 Å². The van der Waals surface area contributed by atoms with E-state index in [1.165, 1.54) is 19.3 Å². The van der Waals surface area contributed by atoms with E-state index < -0.39 is 0 Å². The molecule has 0 aromatic heterocycles. The smallest absolute Gasteiger partial charge is 0.0566 e. The molecule has 6 heteroatoms. The van der Waals surface area contributed by atoms with Crippen molar-refractivity contribution in [1.82, 2.24) is 0 Å². The first-order valence-corrected chi connectivity index (χ1v) is 25.3. The predicted octanol–water partition coefficient (Wildman–Crippen LogP) is 9.65. The van der Waals surface area contributed by atoms with Gasteiger partial charge in [-0.1, -0.05) is 41.5 Å². The Labute approximate surface area is 349 Å². The van der Waals surface area contributed by atoms with Crippen LogP contribution in [-0.2, 0) is 0 Å². The Balaban J connectivity index is 1.30. The molecule has 0 heterocycles. The molecule has 6 N–H and O–H groups in total. The van der Waals surface area contributed by atoms with Gasteiger partial charge in [-0.25, -0.2) is 0 Å². The van der Waals surface area contributed by atoms with Crippen molar-refractivity contribution in [1.29, 1.82) is 0 Å². The van der Waals surface area contributed by atoms with Crippen LogP contribution in [-0.4, -0.2) is 67.3 Å². The first-order chi connectivity index (χ1) is 27.2. The predicted molar refractivity (Wildman–Crippen MR) is 230 cm³/mol. The van der Waals surface area contributed by atoms with Crippen LogP contribution in [0.5, 0.6) is 0 Å². The van der Waals surface area contributed by atoms with E-state index in [9.17, 15) is 30.6 Å². The molecule has 7 saturated carbocycles. The van der Waals surface area contributed by atoms with Crippen molar-refractivity contribution in [3.05, 3.63) is 0 Å². The van der Waals surface area contributed by atoms with Gasteiger partial charge in [-0.15, -0.1) is 0 Å². The molecule has 0 spiro atoms. The van der Waals surface area contributed by atoms with E-state index in [0.717, 1.165) is 116 Å². The topological polar surface area (TPSA) is 121 Å². The molecule has 7 aliphatic rings. The summed E-state index contributed by atoms with van der Waals surface area (Å²) in [5, 5.41) is 66.2. The highest BCUT2D eigenvalue weighted by atomic mass is 16.3. The van der Waals surface area contributed by atoms with Gasteiger partial charge in [0.05, 0.1) is 36.6 Å². The second-order valence-electron chi connectivity index (χ2n) is 23.4. The van der Waals surface area contributed by atoms with E-state index in [1.54, 1.807) is 0 Å². The minimum atomic E-state index is -0.186. The molecule has 0 aromatic carbocycles. The van der Waals surface area contributed by atoms with E-state index in [-0.39, 0.29) is 36.6 Å². The highest BCUT2D eigenvalue weighted by molar-refractivity contribution is 5.01. The number of rotatable bonds is 9. The Morgan fingerprint density at radius 2 is 0.386 bits per heavy atom. The lowest BCUT2D eigenvalue weighted by Crippen LogP contribution is -2.48. The van der Waals surface area contributed by atoms with Gasteiger partial charge in [0.25, 0.3) is 0 Å². The molecule has 0 saturated heterocycles. The average molecular weight is 799 g/mol. The second-order valence-corrected chi connectivity index (χ2v) is 23.4. The van der Waals surface area contributed by atoms with Gasteiger partial charge in [0.1, 0.15) is 0 Å². The Morgan fingerprint density at radius 1 is 0.228 bits per heavy atom. The molecule has 0 radical (unpaired) electrons. The van der Waals surface area contributed by atoms with E-state index >= 15 is 0 Å². The van der Waals surface area contributed by atoms with Crippen LogP contribution in [0.4, 0.5) is 0 Å². The highest BCUT2D eigenvalue weighted by Crippen LogP contribution is 2.59. The average Bonchev–Trinajstić information content (AvgIpc) is 3.17. The zero-order valence-corrected chi connectivity index (χ0v) is 37.4. The molecule has 7 aliphatic carbocycles. The monoisotopic (exact) mass is 799 g/mol. The van der Waals surface area contributed by atoms with Crippen molar-refractivity contribution in [3.8, 4) is 0 Å². The van der Waals surface area contributed by atoms with Gasteiger partial charge in [0.15, 0.2) is 0 Å². The van der Waals surface area contributed by atoms with Crippen LogP contribution < -0.4 is 0 Å². The van der Waals surface area contributed by atoms with Gasteiger partial charge >= 0.3 is 0 Å². The summed E-state index contributed by atoms with van der Waals surface area (Å²) in [6, 6.07) is 0. The zero-order chi connectivity index (χ0) is 40.7. The van der Waals surface area contributed by atoms with Gasteiger partial charge in [-0.2, -0.15) is 0 Å². The third kappa shape index (κ3) is 10.2. The summed E-state index contributed by atoms with van der Waals surface area (Å²) in [6.07, 6.45) is 21.9. The largest absolute Gasteiger partial charge is 0.393 e. The molecule has 18 unspecified atom stereocenters. The zero-order valence-electron chi connectivity index (χ0n) is 37.4. The summed E-state index contributed by atoms with van der Waals surface area (Å²) in [5.74, 6) is 9.56. The van der Waals surface area contributed by atoms with Crippen LogP contribution in [0.3, 0.4) is 0 Å². The summed E-state index contributed by atoms with van der Waals surface area (Å²) < 4.78 is 0. The second kappa shape index (κ2) is 19.4. The quantitative estimate of drug-likeness (QED) is 0.138. The highest BCUT2D eigenvalue weighted by Gasteiger charge is 2.52. The van der Waals surface area contributed by atoms with Crippen LogP contribution in [0.15, 0.2) is 0 Å². The summed E-state index contributed by atoms with van der Waals surface area (Å²) in [6.45, 7) is 13.8. The van der Waals surface area contributed by atoms with Crippen LogP contribution in [0.1, 0.15) is 176 Å². The normalized spacial score (nSPS) is 52.1. The molecule has 18 atom stereocenters. The lowest BCUT2D eigenvalue weighted by Gasteiger charge is -2.55. The number of aliphatic hydroxyl groups is 6. The molecule has 6 nitrogen and oxygen atoms in total. The fourth-order valence-corrected chi connectivity index (χ4v) is 16.5. The lowest BCUT2D eigenvalue weighted by atomic mass is 9.50. The maximum atomic E-state index is 11.0. The molecule has 0 amide bonds. The summed E-state index contributed by atoms with van der Waals surface area (Å²) in [7, 11) is 0. The van der Waals surface area contributed by atoms with Crippen LogP contribution in [0.2, 0.25) is 0 Å². The molecule has 57 heavy (non-hydrogen) atoms. The Kier molecular flexibility index (Phi) is 15.3. The minimum absolute atomic E-state index is 0.186. The number of hydrogen-bond donors (Lipinski definition) is 6. The molecular formula is C51H90O6. The molecule has 7 fully saturated rings. The van der Waals surface area contributed by atoms with Gasteiger partial charge in [0.2, 0.25) is 0 Å². The van der Waals surface area contributed by atoms with Crippen molar-refractivity contribution < 1.29 is 30.6 Å². The van der Waals surface area contributed by atoms with E-state index in [4.69, 9.17) is 0 Å². The third-order valence-electron chi connectivity index (χ3n) is 19.7. The standard InChI is InChI=1S/C51H90O6/c1-28-19-34(7-13-43(28)52)49(35-8-14-44(53)29(2)20-35)40-25-41(50(36-9-15-45(54)30(3)21-36)37-10-16-46(55)31(4)22-37)27-42(26-40)51(38-11-17-47(56)32(5)23-38)39-12-18-48(57)33(6)24-39/h28-57H,7-27H2,1-6H3. The van der Waals surface area contributed by atoms with Crippen molar-refractivity contribution in [2.45, 2.75) is 213 Å². The molecule has 7 rings (SSSR count). The molecule has 330 valence electrons.